The standard InChI is InChI=1S/C19H25N3O2/c1-13-10-14(2)17(15(3)11-13)12-18(23)21-19(20-4)8-6-16(7-9-19)22-24-5/h10-11H,6-9,12H2,1-3,5H3,(H,21,23). The molecule has 0 aromatic heterocycles. The molecule has 0 heterocycles. The molecule has 1 fully saturated rings. The molecule has 1 aliphatic carbocycles. The highest BCUT2D eigenvalue weighted by molar-refractivity contribution is 5.86. The molecule has 1 aromatic carbocycles. The Bertz CT molecular complexity index is 668. The highest BCUT2D eigenvalue weighted by Crippen LogP contribution is 2.29. The van der Waals surface area contributed by atoms with E-state index in [1.165, 1.54) is 12.7 Å². The van der Waals surface area contributed by atoms with Crippen LogP contribution in [-0.2, 0) is 16.1 Å². The Labute approximate surface area is 143 Å². The fourth-order valence-corrected chi connectivity index (χ4v) is 3.39. The van der Waals surface area contributed by atoms with Crippen LogP contribution in [0.1, 0.15) is 47.9 Å². The first-order valence-corrected chi connectivity index (χ1v) is 8.24. The first-order valence-electron chi connectivity index (χ1n) is 8.24. The summed E-state index contributed by atoms with van der Waals surface area (Å²) in [5.74, 6) is -0.0896. The summed E-state index contributed by atoms with van der Waals surface area (Å²) in [5, 5.41) is 6.94. The Morgan fingerprint density at radius 3 is 2.38 bits per heavy atom. The highest BCUT2D eigenvalue weighted by atomic mass is 16.6. The second kappa shape index (κ2) is 7.48. The molecule has 1 aliphatic rings. The maximum atomic E-state index is 12.5. The van der Waals surface area contributed by atoms with E-state index in [1.54, 1.807) is 0 Å². The Morgan fingerprint density at radius 2 is 1.88 bits per heavy atom. The van der Waals surface area contributed by atoms with Crippen molar-refractivity contribution >= 4 is 11.6 Å². The number of carbonyl (C=O) groups is 1. The molecule has 5 heteroatoms. The fraction of sp³-hybridized carbons (Fsp3) is 0.526. The van der Waals surface area contributed by atoms with Crippen LogP contribution in [-0.4, -0.2) is 24.4 Å². The van der Waals surface area contributed by atoms with E-state index >= 15 is 0 Å². The second-order valence-corrected chi connectivity index (χ2v) is 6.59. The second-order valence-electron chi connectivity index (χ2n) is 6.59. The largest absolute Gasteiger partial charge is 0.399 e. The van der Waals surface area contributed by atoms with E-state index in [2.05, 4.69) is 34.4 Å². The van der Waals surface area contributed by atoms with E-state index in [4.69, 9.17) is 11.4 Å². The fourth-order valence-electron chi connectivity index (χ4n) is 3.39. The molecule has 0 saturated heterocycles. The molecule has 0 unspecified atom stereocenters. The molecule has 1 amide bonds. The minimum absolute atomic E-state index is 0.0896. The van der Waals surface area contributed by atoms with Crippen molar-refractivity contribution in [1.82, 2.24) is 5.32 Å². The number of nitrogens with zero attached hydrogens (tertiary/aromatic N) is 2. The van der Waals surface area contributed by atoms with Crippen molar-refractivity contribution in [1.29, 1.82) is 0 Å². The van der Waals surface area contributed by atoms with Crippen molar-refractivity contribution in [3.05, 3.63) is 45.8 Å². The molecule has 0 spiro atoms. The van der Waals surface area contributed by atoms with Crippen LogP contribution in [0.15, 0.2) is 17.3 Å². The Morgan fingerprint density at radius 1 is 1.29 bits per heavy atom. The summed E-state index contributed by atoms with van der Waals surface area (Å²) in [6.45, 7) is 13.7. The van der Waals surface area contributed by atoms with Gasteiger partial charge in [-0.2, -0.15) is 0 Å². The first-order chi connectivity index (χ1) is 11.4. The highest BCUT2D eigenvalue weighted by Gasteiger charge is 2.41. The van der Waals surface area contributed by atoms with Crippen LogP contribution >= 0.6 is 0 Å². The summed E-state index contributed by atoms with van der Waals surface area (Å²) in [4.78, 5) is 21.1. The molecule has 0 bridgehead atoms. The Balaban J connectivity index is 2.06. The predicted octanol–water partition coefficient (Wildman–Crippen LogP) is 3.46. The van der Waals surface area contributed by atoms with Crippen molar-refractivity contribution in [3.8, 4) is 0 Å². The quantitative estimate of drug-likeness (QED) is 0.680. The molecule has 24 heavy (non-hydrogen) atoms. The van der Waals surface area contributed by atoms with Gasteiger partial charge < -0.3 is 4.84 Å². The van der Waals surface area contributed by atoms with E-state index in [0.29, 0.717) is 32.1 Å². The molecule has 0 radical (unpaired) electrons. The van der Waals surface area contributed by atoms with Gasteiger partial charge in [-0.15, -0.1) is 0 Å². The van der Waals surface area contributed by atoms with Crippen LogP contribution in [0.5, 0.6) is 0 Å². The minimum Gasteiger partial charge on any atom is -0.399 e. The third-order valence-electron chi connectivity index (χ3n) is 4.64. The molecule has 0 atom stereocenters. The summed E-state index contributed by atoms with van der Waals surface area (Å²) >= 11 is 0. The molecule has 0 aliphatic heterocycles. The number of hydrogen-bond donors (Lipinski definition) is 1. The number of hydrogen-bond acceptors (Lipinski definition) is 3. The average molecular weight is 327 g/mol. The lowest BCUT2D eigenvalue weighted by atomic mass is 9.87. The topological polar surface area (TPSA) is 55.0 Å². The lowest BCUT2D eigenvalue weighted by Gasteiger charge is -2.27. The molecule has 1 aromatic rings. The zero-order chi connectivity index (χ0) is 17.7. The predicted molar refractivity (Wildman–Crippen MR) is 94.7 cm³/mol. The Hall–Kier alpha value is -2.35. The van der Waals surface area contributed by atoms with Gasteiger partial charge in [-0.25, -0.2) is 6.57 Å². The third-order valence-corrected chi connectivity index (χ3v) is 4.64. The molecule has 1 saturated carbocycles. The zero-order valence-electron chi connectivity index (χ0n) is 14.9. The average Bonchev–Trinajstić information content (AvgIpc) is 2.53. The normalized spacial score (nSPS) is 20.2. The molecule has 2 rings (SSSR count). The molecule has 1 N–H and O–H groups in total. The van der Waals surface area contributed by atoms with Gasteiger partial charge in [0, 0.05) is 0 Å². The van der Waals surface area contributed by atoms with Gasteiger partial charge in [0.25, 0.3) is 0 Å². The summed E-state index contributed by atoms with van der Waals surface area (Å²) in [7, 11) is 1.53. The smallest absolute Gasteiger partial charge is 0.308 e. The van der Waals surface area contributed by atoms with E-state index in [0.717, 1.165) is 22.4 Å². The number of benzene rings is 1. The van der Waals surface area contributed by atoms with Gasteiger partial charge >= 0.3 is 5.66 Å². The molecule has 5 nitrogen and oxygen atoms in total. The van der Waals surface area contributed by atoms with Crippen LogP contribution in [0.3, 0.4) is 0 Å². The van der Waals surface area contributed by atoms with Crippen LogP contribution < -0.4 is 5.32 Å². The Kier molecular flexibility index (Phi) is 5.61. The number of oxime groups is 1. The van der Waals surface area contributed by atoms with Crippen molar-refractivity contribution in [2.75, 3.05) is 7.11 Å². The van der Waals surface area contributed by atoms with Gasteiger partial charge in [-0.05, 0) is 50.3 Å². The van der Waals surface area contributed by atoms with Gasteiger partial charge in [0.2, 0.25) is 5.91 Å². The zero-order valence-corrected chi connectivity index (χ0v) is 14.9. The van der Waals surface area contributed by atoms with E-state index in [-0.39, 0.29) is 5.91 Å². The van der Waals surface area contributed by atoms with Crippen molar-refractivity contribution in [2.45, 2.75) is 58.5 Å². The lowest BCUT2D eigenvalue weighted by Crippen LogP contribution is -2.49. The molecular formula is C19H25N3O2. The number of nitrogens with one attached hydrogen (secondary N) is 1. The maximum absolute atomic E-state index is 12.5. The van der Waals surface area contributed by atoms with Gasteiger partial charge in [0.05, 0.1) is 25.0 Å². The first kappa shape index (κ1) is 18.0. The summed E-state index contributed by atoms with van der Waals surface area (Å²) in [6.07, 6.45) is 2.83. The minimum atomic E-state index is -0.809. The number of rotatable bonds is 4. The SMILES string of the molecule is [C-]#[N+]C1(NC(=O)Cc2c(C)cc(C)cc2C)CCC(=NOC)CC1. The number of amides is 1. The lowest BCUT2D eigenvalue weighted by molar-refractivity contribution is -0.122. The van der Waals surface area contributed by atoms with Gasteiger partial charge in [0.1, 0.15) is 7.11 Å². The van der Waals surface area contributed by atoms with Gasteiger partial charge in [0.15, 0.2) is 0 Å². The third kappa shape index (κ3) is 4.14. The van der Waals surface area contributed by atoms with Gasteiger partial charge in [-0.1, -0.05) is 22.9 Å². The molecular weight excluding hydrogens is 302 g/mol. The van der Waals surface area contributed by atoms with Crippen molar-refractivity contribution in [3.63, 3.8) is 0 Å². The summed E-state index contributed by atoms with van der Waals surface area (Å²) in [5.41, 5.74) is 4.64. The van der Waals surface area contributed by atoms with E-state index in [9.17, 15) is 4.79 Å². The van der Waals surface area contributed by atoms with E-state index < -0.39 is 5.66 Å². The maximum Gasteiger partial charge on any atom is 0.308 e. The van der Waals surface area contributed by atoms with Crippen LogP contribution in [0.25, 0.3) is 4.85 Å². The summed E-state index contributed by atoms with van der Waals surface area (Å²) in [6, 6.07) is 4.18. The van der Waals surface area contributed by atoms with Crippen LogP contribution in [0.2, 0.25) is 0 Å². The van der Waals surface area contributed by atoms with Crippen molar-refractivity contribution < 1.29 is 9.63 Å². The summed E-state index contributed by atoms with van der Waals surface area (Å²) < 4.78 is 0. The number of carbonyl (C=O) groups excluding carboxylic acids is 1. The van der Waals surface area contributed by atoms with Gasteiger partial charge in [-0.3, -0.25) is 15.0 Å². The van der Waals surface area contributed by atoms with Crippen LogP contribution in [0, 0.1) is 27.3 Å². The van der Waals surface area contributed by atoms with E-state index in [1.807, 2.05) is 13.8 Å². The number of aryl methyl sites for hydroxylation is 3. The monoisotopic (exact) mass is 327 g/mol. The van der Waals surface area contributed by atoms with Crippen LogP contribution in [0.4, 0.5) is 0 Å². The molecule has 128 valence electrons. The van der Waals surface area contributed by atoms with Crippen molar-refractivity contribution in [2.24, 2.45) is 5.16 Å².